The number of anilines is 1. The molecule has 0 saturated heterocycles. The first-order chi connectivity index (χ1) is 7.56. The zero-order chi connectivity index (χ0) is 11.6. The number of hydrogen-bond donors (Lipinski definition) is 1. The summed E-state index contributed by atoms with van der Waals surface area (Å²) < 4.78 is 36.3. The van der Waals surface area contributed by atoms with E-state index in [0.717, 1.165) is 31.2 Å². The van der Waals surface area contributed by atoms with Gasteiger partial charge < -0.3 is 5.32 Å². The summed E-state index contributed by atoms with van der Waals surface area (Å²) >= 11 is 0. The Morgan fingerprint density at radius 2 is 1.88 bits per heavy atom. The van der Waals surface area contributed by atoms with Gasteiger partial charge in [0.25, 0.3) is 0 Å². The van der Waals surface area contributed by atoms with Gasteiger partial charge in [0.05, 0.1) is 0 Å². The third-order valence-corrected chi connectivity index (χ3v) is 2.88. The van der Waals surface area contributed by atoms with Crippen molar-refractivity contribution in [3.8, 4) is 0 Å². The van der Waals surface area contributed by atoms with E-state index in [1.807, 2.05) is 12.1 Å². The van der Waals surface area contributed by atoms with Gasteiger partial charge in [-0.25, -0.2) is 0 Å². The molecular formula is C12H14F3N. The first kappa shape index (κ1) is 11.3. The highest BCUT2D eigenvalue weighted by Crippen LogP contribution is 2.28. The molecule has 0 aromatic heterocycles. The summed E-state index contributed by atoms with van der Waals surface area (Å²) in [5.74, 6) is 0. The Balaban J connectivity index is 2.15. The molecule has 4 heteroatoms. The van der Waals surface area contributed by atoms with E-state index in [9.17, 15) is 13.2 Å². The van der Waals surface area contributed by atoms with Crippen molar-refractivity contribution >= 4 is 5.69 Å². The van der Waals surface area contributed by atoms with Gasteiger partial charge >= 0.3 is 6.18 Å². The predicted molar refractivity (Wildman–Crippen MR) is 57.6 cm³/mol. The summed E-state index contributed by atoms with van der Waals surface area (Å²) in [5.41, 5.74) is 2.91. The van der Waals surface area contributed by atoms with Crippen LogP contribution in [0, 0.1) is 0 Å². The number of alkyl halides is 3. The Morgan fingerprint density at radius 1 is 1.12 bits per heavy atom. The van der Waals surface area contributed by atoms with Crippen LogP contribution in [0.2, 0.25) is 0 Å². The fourth-order valence-corrected chi connectivity index (χ4v) is 2.14. The van der Waals surface area contributed by atoms with Crippen molar-refractivity contribution in [2.45, 2.75) is 31.9 Å². The second-order valence-electron chi connectivity index (χ2n) is 4.12. The third-order valence-electron chi connectivity index (χ3n) is 2.88. The highest BCUT2D eigenvalue weighted by Gasteiger charge is 2.27. The van der Waals surface area contributed by atoms with Crippen LogP contribution in [0.25, 0.3) is 0 Å². The van der Waals surface area contributed by atoms with Crippen molar-refractivity contribution in [1.29, 1.82) is 0 Å². The van der Waals surface area contributed by atoms with Crippen LogP contribution in [-0.4, -0.2) is 12.7 Å². The Kier molecular flexibility index (Phi) is 3.08. The van der Waals surface area contributed by atoms with E-state index >= 15 is 0 Å². The van der Waals surface area contributed by atoms with Gasteiger partial charge in [0.2, 0.25) is 0 Å². The summed E-state index contributed by atoms with van der Waals surface area (Å²) in [7, 11) is 0. The SMILES string of the molecule is FC(F)(F)CNc1cccc2c1CCCC2. The summed E-state index contributed by atoms with van der Waals surface area (Å²) in [6.45, 7) is -0.955. The van der Waals surface area contributed by atoms with Gasteiger partial charge in [-0.2, -0.15) is 13.2 Å². The number of fused-ring (bicyclic) bond motifs is 1. The van der Waals surface area contributed by atoms with Gasteiger partial charge in [0.1, 0.15) is 6.54 Å². The molecule has 1 nitrogen and oxygen atoms in total. The van der Waals surface area contributed by atoms with E-state index in [1.54, 1.807) is 6.07 Å². The Hall–Kier alpha value is -1.19. The molecule has 0 saturated carbocycles. The Morgan fingerprint density at radius 3 is 2.62 bits per heavy atom. The molecule has 0 heterocycles. The van der Waals surface area contributed by atoms with Crippen LogP contribution in [0.5, 0.6) is 0 Å². The van der Waals surface area contributed by atoms with Crippen LogP contribution in [0.15, 0.2) is 18.2 Å². The minimum absolute atomic E-state index is 0.648. The lowest BCUT2D eigenvalue weighted by Gasteiger charge is -2.20. The summed E-state index contributed by atoms with van der Waals surface area (Å²) in [6.07, 6.45) is -0.0853. The number of hydrogen-bond acceptors (Lipinski definition) is 1. The number of aryl methyl sites for hydroxylation is 1. The number of halogens is 3. The van der Waals surface area contributed by atoms with Crippen LogP contribution in [0.3, 0.4) is 0 Å². The van der Waals surface area contributed by atoms with Gasteiger partial charge in [-0.1, -0.05) is 12.1 Å². The molecule has 0 radical (unpaired) electrons. The minimum Gasteiger partial charge on any atom is -0.376 e. The molecule has 1 N–H and O–H groups in total. The van der Waals surface area contributed by atoms with Gasteiger partial charge in [-0.05, 0) is 42.9 Å². The van der Waals surface area contributed by atoms with Crippen LogP contribution >= 0.6 is 0 Å². The Labute approximate surface area is 92.7 Å². The average molecular weight is 229 g/mol. The van der Waals surface area contributed by atoms with Gasteiger partial charge in [-0.15, -0.1) is 0 Å². The molecule has 0 fully saturated rings. The van der Waals surface area contributed by atoms with E-state index in [-0.39, 0.29) is 0 Å². The van der Waals surface area contributed by atoms with Crippen molar-refractivity contribution in [2.75, 3.05) is 11.9 Å². The quantitative estimate of drug-likeness (QED) is 0.817. The first-order valence-electron chi connectivity index (χ1n) is 5.48. The second kappa shape index (κ2) is 4.36. The van der Waals surface area contributed by atoms with E-state index in [0.29, 0.717) is 5.69 Å². The van der Waals surface area contributed by atoms with Gasteiger partial charge in [-0.3, -0.25) is 0 Å². The minimum atomic E-state index is -4.16. The lowest BCUT2D eigenvalue weighted by atomic mass is 9.90. The molecule has 0 atom stereocenters. The molecule has 2 rings (SSSR count). The summed E-state index contributed by atoms with van der Waals surface area (Å²) in [5, 5.41) is 2.49. The van der Waals surface area contributed by atoms with Crippen molar-refractivity contribution in [3.63, 3.8) is 0 Å². The van der Waals surface area contributed by atoms with E-state index in [4.69, 9.17) is 0 Å². The van der Waals surface area contributed by atoms with Gasteiger partial charge in [0, 0.05) is 5.69 Å². The van der Waals surface area contributed by atoms with Crippen molar-refractivity contribution in [1.82, 2.24) is 0 Å². The summed E-state index contributed by atoms with van der Waals surface area (Å²) in [6, 6.07) is 5.56. The molecule has 88 valence electrons. The largest absolute Gasteiger partial charge is 0.405 e. The zero-order valence-corrected chi connectivity index (χ0v) is 8.90. The molecule has 0 spiro atoms. The topological polar surface area (TPSA) is 12.0 Å². The standard InChI is InChI=1S/C12H14F3N/c13-12(14,15)8-16-11-7-3-5-9-4-1-2-6-10(9)11/h3,5,7,16H,1-2,4,6,8H2. The number of benzene rings is 1. The monoisotopic (exact) mass is 229 g/mol. The molecule has 1 aliphatic rings. The highest BCUT2D eigenvalue weighted by molar-refractivity contribution is 5.55. The predicted octanol–water partition coefficient (Wildman–Crippen LogP) is 3.54. The molecule has 1 aliphatic carbocycles. The maximum atomic E-state index is 12.1. The van der Waals surface area contributed by atoms with Crippen LogP contribution in [0.4, 0.5) is 18.9 Å². The third kappa shape index (κ3) is 2.68. The number of rotatable bonds is 2. The fourth-order valence-electron chi connectivity index (χ4n) is 2.14. The smallest absolute Gasteiger partial charge is 0.376 e. The van der Waals surface area contributed by atoms with Crippen LogP contribution < -0.4 is 5.32 Å². The first-order valence-corrected chi connectivity index (χ1v) is 5.48. The van der Waals surface area contributed by atoms with Crippen molar-refractivity contribution in [2.24, 2.45) is 0 Å². The molecular weight excluding hydrogens is 215 g/mol. The van der Waals surface area contributed by atoms with E-state index < -0.39 is 12.7 Å². The molecule has 0 aliphatic heterocycles. The van der Waals surface area contributed by atoms with E-state index in [2.05, 4.69) is 5.32 Å². The van der Waals surface area contributed by atoms with Crippen molar-refractivity contribution in [3.05, 3.63) is 29.3 Å². The maximum Gasteiger partial charge on any atom is 0.405 e. The molecule has 0 amide bonds. The maximum absolute atomic E-state index is 12.1. The molecule has 16 heavy (non-hydrogen) atoms. The van der Waals surface area contributed by atoms with Crippen LogP contribution in [0.1, 0.15) is 24.0 Å². The molecule has 0 unspecified atom stereocenters. The lowest BCUT2D eigenvalue weighted by molar-refractivity contribution is -0.115. The molecule has 0 bridgehead atoms. The van der Waals surface area contributed by atoms with E-state index in [1.165, 1.54) is 5.56 Å². The normalized spacial score (nSPS) is 15.7. The Bertz CT molecular complexity index is 371. The molecule has 1 aromatic rings. The lowest BCUT2D eigenvalue weighted by Crippen LogP contribution is -2.22. The summed E-state index contributed by atoms with van der Waals surface area (Å²) in [4.78, 5) is 0. The fraction of sp³-hybridized carbons (Fsp3) is 0.500. The number of nitrogens with one attached hydrogen (secondary N) is 1. The molecule has 1 aromatic carbocycles. The average Bonchev–Trinajstić information content (AvgIpc) is 2.25. The van der Waals surface area contributed by atoms with Crippen molar-refractivity contribution < 1.29 is 13.2 Å². The second-order valence-corrected chi connectivity index (χ2v) is 4.12. The highest BCUT2D eigenvalue weighted by atomic mass is 19.4. The van der Waals surface area contributed by atoms with Gasteiger partial charge in [0.15, 0.2) is 0 Å². The zero-order valence-electron chi connectivity index (χ0n) is 8.90. The van der Waals surface area contributed by atoms with Crippen LogP contribution in [-0.2, 0) is 12.8 Å².